The molecular formula is C54H78N2O8. The van der Waals surface area contributed by atoms with Crippen LogP contribution in [0.25, 0.3) is 11.1 Å². The van der Waals surface area contributed by atoms with Gasteiger partial charge in [0.1, 0.15) is 31.0 Å². The minimum Gasteiger partial charge on any atom is -0.449 e. The third-order valence-electron chi connectivity index (χ3n) is 18.6. The minimum absolute atomic E-state index is 0.00122. The third kappa shape index (κ3) is 8.15. The number of benzene rings is 2. The van der Waals surface area contributed by atoms with E-state index in [2.05, 4.69) is 34.9 Å². The molecule has 0 aromatic heterocycles. The molecule has 1 aliphatic heterocycles. The lowest BCUT2D eigenvalue weighted by atomic mass is 9.32. The monoisotopic (exact) mass is 883 g/mol. The molecule has 2 aromatic carbocycles. The highest BCUT2D eigenvalue weighted by molar-refractivity contribution is 5.84. The fourth-order valence-corrected chi connectivity index (χ4v) is 16.0. The molecular weight excluding hydrogens is 805 g/mol. The van der Waals surface area contributed by atoms with Crippen LogP contribution < -0.4 is 10.6 Å². The van der Waals surface area contributed by atoms with Crippen LogP contribution in [0.2, 0.25) is 0 Å². The maximum atomic E-state index is 16.0. The van der Waals surface area contributed by atoms with Crippen molar-refractivity contribution in [1.29, 1.82) is 0 Å². The number of carbonyl (C=O) groups excluding carboxylic acids is 2. The van der Waals surface area contributed by atoms with Gasteiger partial charge in [-0.05, 0) is 109 Å². The number of aliphatic hydroxyl groups excluding tert-OH is 3. The first-order chi connectivity index (χ1) is 31.3. The van der Waals surface area contributed by atoms with Crippen molar-refractivity contribution < 1.29 is 39.1 Å². The van der Waals surface area contributed by atoms with E-state index >= 15 is 4.79 Å². The van der Waals surface area contributed by atoms with Gasteiger partial charge >= 0.3 is 6.09 Å². The molecule has 0 radical (unpaired) electrons. The highest BCUT2D eigenvalue weighted by atomic mass is 16.7. The van der Waals surface area contributed by atoms with Crippen LogP contribution >= 0.6 is 0 Å². The molecule has 10 heteroatoms. The molecule has 6 aliphatic carbocycles. The Kier molecular flexibility index (Phi) is 14.5. The summed E-state index contributed by atoms with van der Waals surface area (Å²) in [5, 5.41) is 39.6. The number of amides is 2. The number of carbonyl (C=O) groups is 2. The molecule has 2 amide bonds. The smallest absolute Gasteiger partial charge is 0.407 e. The van der Waals surface area contributed by atoms with E-state index in [1.807, 2.05) is 24.3 Å². The highest BCUT2D eigenvalue weighted by Crippen LogP contribution is 2.77. The maximum Gasteiger partial charge on any atom is 0.407 e. The van der Waals surface area contributed by atoms with Crippen LogP contribution in [-0.4, -0.2) is 84.3 Å². The van der Waals surface area contributed by atoms with E-state index in [0.29, 0.717) is 0 Å². The zero-order valence-electron chi connectivity index (χ0n) is 38.5. The largest absolute Gasteiger partial charge is 0.449 e. The van der Waals surface area contributed by atoms with Gasteiger partial charge in [0.05, 0.1) is 18.6 Å². The van der Waals surface area contributed by atoms with E-state index < -0.39 is 48.8 Å². The molecule has 6 fully saturated rings. The van der Waals surface area contributed by atoms with Crippen LogP contribution in [0.3, 0.4) is 0 Å². The number of aliphatic hydroxyl groups is 3. The van der Waals surface area contributed by atoms with E-state index in [1.165, 1.54) is 103 Å². The first kappa shape index (κ1) is 46.1. The second-order valence-corrected chi connectivity index (χ2v) is 21.3. The van der Waals surface area contributed by atoms with Crippen LogP contribution in [0.4, 0.5) is 4.79 Å². The molecule has 2 unspecified atom stereocenters. The fourth-order valence-electron chi connectivity index (χ4n) is 16.0. The van der Waals surface area contributed by atoms with Crippen molar-refractivity contribution in [1.82, 2.24) is 10.6 Å². The highest BCUT2D eigenvalue weighted by Gasteiger charge is 2.71. The minimum atomic E-state index is -1.42. The quantitative estimate of drug-likeness (QED) is 0.125. The number of rotatable bonds is 13. The van der Waals surface area contributed by atoms with Crippen molar-refractivity contribution in [3.8, 4) is 11.1 Å². The number of ether oxygens (including phenoxy) is 3. The predicted molar refractivity (Wildman–Crippen MR) is 247 cm³/mol. The van der Waals surface area contributed by atoms with Crippen molar-refractivity contribution in [2.45, 2.75) is 197 Å². The standard InChI is InChI=1S/C54H78N2O8/c57-36-44-46(58)47(59)45(48(64-44)62-35-34-55-50(61)63-37-43-41-24-10-8-22-39(41)40-23-9-11-25-42(40)43)56-49(60)52(28-14-3-15-29-52)54(32-18-5-19-33-54)53(30-16-4-17-31-53)51(26-12-2-13-27-51)38-20-6-1-7-21-38/h8-11,22-25,38,43-48,57-59H,1-7,12-21,26-37H2,(H,55,61)(H,56,60)/t44?,45-,46-,47?,48+/m0/s1. The van der Waals surface area contributed by atoms with Crippen LogP contribution in [-0.2, 0) is 19.0 Å². The number of nitrogens with one attached hydrogen (secondary N) is 2. The Morgan fingerprint density at radius 1 is 0.656 bits per heavy atom. The van der Waals surface area contributed by atoms with Gasteiger partial charge in [-0.2, -0.15) is 0 Å². The van der Waals surface area contributed by atoms with Gasteiger partial charge in [0.15, 0.2) is 6.29 Å². The van der Waals surface area contributed by atoms with Crippen molar-refractivity contribution in [3.63, 3.8) is 0 Å². The van der Waals surface area contributed by atoms with Gasteiger partial charge in [-0.1, -0.05) is 145 Å². The Hall–Kier alpha value is -3.02. The van der Waals surface area contributed by atoms with Crippen molar-refractivity contribution in [2.75, 3.05) is 26.4 Å². The van der Waals surface area contributed by atoms with Gasteiger partial charge in [0, 0.05) is 12.5 Å². The zero-order chi connectivity index (χ0) is 44.2. The SMILES string of the molecule is O=C(NCCO[C@@H]1OC(CO)[C@H](O)C(O)[C@@H]1NC(=O)C1(C2(C3(C4(C5CCCCC5)CCCCC4)CCCCC3)CCCCC2)CCCCC1)OCC1c2ccccc2-c2ccccc21. The van der Waals surface area contributed by atoms with Gasteiger partial charge in [-0.3, -0.25) is 4.79 Å². The molecule has 64 heavy (non-hydrogen) atoms. The second-order valence-electron chi connectivity index (χ2n) is 21.3. The summed E-state index contributed by atoms with van der Waals surface area (Å²) in [6.07, 6.45) is 24.4. The lowest BCUT2D eigenvalue weighted by Crippen LogP contribution is -2.70. The Morgan fingerprint density at radius 2 is 1.19 bits per heavy atom. The summed E-state index contributed by atoms with van der Waals surface area (Å²) in [5.74, 6) is 0.661. The van der Waals surface area contributed by atoms with Crippen molar-refractivity contribution >= 4 is 12.0 Å². The predicted octanol–water partition coefficient (Wildman–Crippen LogP) is 9.85. The summed E-state index contributed by atoms with van der Waals surface area (Å²) in [6, 6.07) is 15.4. The van der Waals surface area contributed by atoms with Gasteiger partial charge < -0.3 is 40.2 Å². The fraction of sp³-hybridized carbons (Fsp3) is 0.741. The summed E-state index contributed by atoms with van der Waals surface area (Å²) in [5.41, 5.74) is 4.15. The van der Waals surface area contributed by atoms with E-state index in [-0.39, 0.29) is 47.8 Å². The van der Waals surface area contributed by atoms with Crippen LogP contribution in [0, 0.1) is 27.6 Å². The molecule has 0 spiro atoms. The van der Waals surface area contributed by atoms with Crippen molar-refractivity contribution in [2.24, 2.45) is 27.6 Å². The molecule has 1 saturated heterocycles. The van der Waals surface area contributed by atoms with Crippen LogP contribution in [0.5, 0.6) is 0 Å². The normalized spacial score (nSPS) is 30.1. The lowest BCUT2D eigenvalue weighted by molar-refractivity contribution is -0.272. The van der Waals surface area contributed by atoms with Gasteiger partial charge in [-0.15, -0.1) is 0 Å². The van der Waals surface area contributed by atoms with E-state index in [9.17, 15) is 20.1 Å². The first-order valence-electron chi connectivity index (χ1n) is 25.9. The van der Waals surface area contributed by atoms with Crippen LogP contribution in [0.15, 0.2) is 48.5 Å². The Labute approximate surface area is 382 Å². The number of hydrogen-bond acceptors (Lipinski definition) is 8. The average molecular weight is 883 g/mol. The number of alkyl carbamates (subject to hydrolysis) is 1. The molecule has 2 aromatic rings. The topological polar surface area (TPSA) is 147 Å². The number of fused-ring (bicyclic) bond motifs is 3. The molecule has 5 atom stereocenters. The lowest BCUT2D eigenvalue weighted by Gasteiger charge is -2.72. The molecule has 0 bridgehead atoms. The Balaban J connectivity index is 0.949. The molecule has 10 nitrogen and oxygen atoms in total. The van der Waals surface area contributed by atoms with Gasteiger partial charge in [0.2, 0.25) is 5.91 Å². The third-order valence-corrected chi connectivity index (χ3v) is 18.6. The summed E-state index contributed by atoms with van der Waals surface area (Å²) < 4.78 is 18.3. The summed E-state index contributed by atoms with van der Waals surface area (Å²) in [7, 11) is 0. The van der Waals surface area contributed by atoms with Crippen molar-refractivity contribution in [3.05, 3.63) is 59.7 Å². The molecule has 7 aliphatic rings. The van der Waals surface area contributed by atoms with E-state index in [4.69, 9.17) is 14.2 Å². The average Bonchev–Trinajstić information content (AvgIpc) is 3.68. The Morgan fingerprint density at radius 3 is 1.78 bits per heavy atom. The molecule has 5 saturated carbocycles. The molecule has 9 rings (SSSR count). The summed E-state index contributed by atoms with van der Waals surface area (Å²) in [4.78, 5) is 29.1. The van der Waals surface area contributed by atoms with Gasteiger partial charge in [0.25, 0.3) is 0 Å². The number of hydrogen-bond donors (Lipinski definition) is 5. The summed E-state index contributed by atoms with van der Waals surface area (Å²) in [6.45, 7) is -0.229. The molecule has 1 heterocycles. The molecule has 352 valence electrons. The Bertz CT molecular complexity index is 1830. The first-order valence-corrected chi connectivity index (χ1v) is 25.9. The summed E-state index contributed by atoms with van der Waals surface area (Å²) >= 11 is 0. The van der Waals surface area contributed by atoms with E-state index in [0.717, 1.165) is 86.0 Å². The van der Waals surface area contributed by atoms with Gasteiger partial charge in [-0.25, -0.2) is 4.79 Å². The second kappa shape index (κ2) is 20.1. The maximum absolute atomic E-state index is 16.0. The van der Waals surface area contributed by atoms with Crippen LogP contribution in [0.1, 0.15) is 178 Å². The zero-order valence-corrected chi connectivity index (χ0v) is 38.5. The molecule has 5 N–H and O–H groups in total. The van der Waals surface area contributed by atoms with E-state index in [1.54, 1.807) is 0 Å².